The molecule has 0 spiro atoms. The van der Waals surface area contributed by atoms with Crippen LogP contribution in [0.1, 0.15) is 51.0 Å². The molecule has 2 N–H and O–H groups in total. The van der Waals surface area contributed by atoms with Gasteiger partial charge in [0.25, 0.3) is 0 Å². The number of nitrogens with one attached hydrogen (secondary N) is 1. The fourth-order valence-corrected chi connectivity index (χ4v) is 2.82. The van der Waals surface area contributed by atoms with Crippen LogP contribution in [-0.2, 0) is 4.79 Å². The maximum absolute atomic E-state index is 11.9. The van der Waals surface area contributed by atoms with Crippen LogP contribution in [0.3, 0.4) is 0 Å². The molecule has 0 bridgehead atoms. The molecule has 126 valence electrons. The summed E-state index contributed by atoms with van der Waals surface area (Å²) < 4.78 is 5.97. The summed E-state index contributed by atoms with van der Waals surface area (Å²) in [5, 5.41) is 11.7. The number of benzene rings is 1. The minimum absolute atomic E-state index is 0.0661. The predicted molar refractivity (Wildman–Crippen MR) is 92.3 cm³/mol. The lowest BCUT2D eigenvalue weighted by Crippen LogP contribution is -2.31. The Morgan fingerprint density at radius 1 is 1.43 bits per heavy atom. The summed E-state index contributed by atoms with van der Waals surface area (Å²) in [5.74, 6) is 0.758. The van der Waals surface area contributed by atoms with Gasteiger partial charge < -0.3 is 15.2 Å². The largest absolute Gasteiger partial charge is 0.490 e. The first-order valence-corrected chi connectivity index (χ1v) is 8.53. The average Bonchev–Trinajstić information content (AvgIpc) is 3.04. The van der Waals surface area contributed by atoms with E-state index in [1.54, 1.807) is 12.2 Å². The minimum atomic E-state index is -0.113. The van der Waals surface area contributed by atoms with Gasteiger partial charge in [0.1, 0.15) is 5.75 Å². The molecule has 1 aliphatic rings. The van der Waals surface area contributed by atoms with Gasteiger partial charge >= 0.3 is 0 Å². The molecule has 4 heteroatoms. The number of amides is 1. The lowest BCUT2D eigenvalue weighted by atomic mass is 10.1. The number of rotatable bonds is 8. The summed E-state index contributed by atoms with van der Waals surface area (Å²) in [6, 6.07) is 7.91. The second-order valence-electron chi connectivity index (χ2n) is 6.21. The third kappa shape index (κ3) is 6.45. The summed E-state index contributed by atoms with van der Waals surface area (Å²) in [6.07, 6.45) is 9.93. The minimum Gasteiger partial charge on any atom is -0.490 e. The van der Waals surface area contributed by atoms with Crippen molar-refractivity contribution in [2.24, 2.45) is 0 Å². The van der Waals surface area contributed by atoms with Crippen molar-refractivity contribution in [2.45, 2.75) is 57.6 Å². The van der Waals surface area contributed by atoms with Gasteiger partial charge in [-0.05, 0) is 69.2 Å². The number of aliphatic hydroxyl groups excluding tert-OH is 1. The predicted octanol–water partition coefficient (Wildman–Crippen LogP) is 3.30. The molecule has 1 aromatic carbocycles. The van der Waals surface area contributed by atoms with Gasteiger partial charge in [0.15, 0.2) is 0 Å². The van der Waals surface area contributed by atoms with Crippen molar-refractivity contribution in [1.82, 2.24) is 5.32 Å². The van der Waals surface area contributed by atoms with Crippen molar-refractivity contribution in [3.8, 4) is 5.75 Å². The van der Waals surface area contributed by atoms with E-state index in [1.807, 2.05) is 31.2 Å². The van der Waals surface area contributed by atoms with E-state index in [-0.39, 0.29) is 18.6 Å². The van der Waals surface area contributed by atoms with Crippen molar-refractivity contribution in [3.63, 3.8) is 0 Å². The Morgan fingerprint density at radius 2 is 2.22 bits per heavy atom. The maximum atomic E-state index is 11.9. The standard InChI is InChI=1S/C19H27NO3/c1-15(6-5-13-21)20-19(22)12-11-16-7-4-10-18(14-16)23-17-8-2-3-9-17/h4,7,10-12,14-15,17,21H,2-3,5-6,8-9,13H2,1H3,(H,20,22)/b12-11+. The van der Waals surface area contributed by atoms with Crippen LogP contribution in [0, 0.1) is 0 Å². The monoisotopic (exact) mass is 317 g/mol. The van der Waals surface area contributed by atoms with Crippen LogP contribution >= 0.6 is 0 Å². The average molecular weight is 317 g/mol. The van der Waals surface area contributed by atoms with Gasteiger partial charge in [0.05, 0.1) is 6.10 Å². The maximum Gasteiger partial charge on any atom is 0.244 e. The molecule has 0 saturated heterocycles. The third-order valence-electron chi connectivity index (χ3n) is 4.07. The molecule has 1 amide bonds. The number of carbonyl (C=O) groups excluding carboxylic acids is 1. The van der Waals surface area contributed by atoms with E-state index in [2.05, 4.69) is 5.32 Å². The van der Waals surface area contributed by atoms with E-state index in [0.717, 1.165) is 30.6 Å². The van der Waals surface area contributed by atoms with Crippen LogP contribution in [0.4, 0.5) is 0 Å². The molecule has 1 saturated carbocycles. The van der Waals surface area contributed by atoms with E-state index in [4.69, 9.17) is 9.84 Å². The Bertz CT molecular complexity index is 521. The van der Waals surface area contributed by atoms with Gasteiger partial charge in [-0.25, -0.2) is 0 Å². The molecular weight excluding hydrogens is 290 g/mol. The highest BCUT2D eigenvalue weighted by molar-refractivity contribution is 5.91. The van der Waals surface area contributed by atoms with E-state index in [0.29, 0.717) is 12.5 Å². The van der Waals surface area contributed by atoms with Gasteiger partial charge in [-0.3, -0.25) is 4.79 Å². The lowest BCUT2D eigenvalue weighted by Gasteiger charge is -2.13. The Labute approximate surface area is 138 Å². The number of carbonyl (C=O) groups is 1. The zero-order valence-corrected chi connectivity index (χ0v) is 13.8. The SMILES string of the molecule is CC(CCCO)NC(=O)/C=C/c1cccc(OC2CCCC2)c1. The molecule has 23 heavy (non-hydrogen) atoms. The van der Waals surface area contributed by atoms with Crippen LogP contribution in [0.25, 0.3) is 6.08 Å². The highest BCUT2D eigenvalue weighted by atomic mass is 16.5. The van der Waals surface area contributed by atoms with Crippen LogP contribution in [0.5, 0.6) is 5.75 Å². The van der Waals surface area contributed by atoms with Crippen LogP contribution < -0.4 is 10.1 Å². The summed E-state index contributed by atoms with van der Waals surface area (Å²) in [4.78, 5) is 11.9. The number of hydrogen-bond donors (Lipinski definition) is 2. The fraction of sp³-hybridized carbons (Fsp3) is 0.526. The Morgan fingerprint density at radius 3 is 2.96 bits per heavy atom. The highest BCUT2D eigenvalue weighted by Gasteiger charge is 2.16. The van der Waals surface area contributed by atoms with Crippen LogP contribution in [0.15, 0.2) is 30.3 Å². The van der Waals surface area contributed by atoms with Crippen molar-refractivity contribution in [1.29, 1.82) is 0 Å². The van der Waals surface area contributed by atoms with E-state index >= 15 is 0 Å². The van der Waals surface area contributed by atoms with Gasteiger partial charge in [0, 0.05) is 18.7 Å². The van der Waals surface area contributed by atoms with Crippen molar-refractivity contribution in [3.05, 3.63) is 35.9 Å². The van der Waals surface area contributed by atoms with Crippen LogP contribution in [-0.4, -0.2) is 29.8 Å². The summed E-state index contributed by atoms with van der Waals surface area (Å²) in [7, 11) is 0. The molecule has 4 nitrogen and oxygen atoms in total. The Balaban J connectivity index is 1.84. The Kier molecular flexibility index (Phi) is 7.14. The van der Waals surface area contributed by atoms with Gasteiger partial charge in [-0.1, -0.05) is 12.1 Å². The van der Waals surface area contributed by atoms with Crippen molar-refractivity contribution < 1.29 is 14.6 Å². The summed E-state index contributed by atoms with van der Waals surface area (Å²) >= 11 is 0. The third-order valence-corrected chi connectivity index (χ3v) is 4.07. The van der Waals surface area contributed by atoms with Gasteiger partial charge in [0.2, 0.25) is 5.91 Å². The molecule has 1 aliphatic carbocycles. The summed E-state index contributed by atoms with van der Waals surface area (Å²) in [5.41, 5.74) is 0.957. The second kappa shape index (κ2) is 9.36. The molecule has 1 fully saturated rings. The molecular formula is C19H27NO3. The molecule has 1 unspecified atom stereocenters. The number of aliphatic hydroxyl groups is 1. The van der Waals surface area contributed by atoms with Crippen LogP contribution in [0.2, 0.25) is 0 Å². The first-order valence-electron chi connectivity index (χ1n) is 8.53. The summed E-state index contributed by atoms with van der Waals surface area (Å²) in [6.45, 7) is 2.10. The quantitative estimate of drug-likeness (QED) is 0.723. The topological polar surface area (TPSA) is 58.6 Å². The first kappa shape index (κ1) is 17.5. The molecule has 0 radical (unpaired) electrons. The number of ether oxygens (including phenoxy) is 1. The fourth-order valence-electron chi connectivity index (χ4n) is 2.82. The van der Waals surface area contributed by atoms with Gasteiger partial charge in [-0.15, -0.1) is 0 Å². The van der Waals surface area contributed by atoms with Crippen molar-refractivity contribution in [2.75, 3.05) is 6.61 Å². The zero-order chi connectivity index (χ0) is 16.5. The highest BCUT2D eigenvalue weighted by Crippen LogP contribution is 2.24. The number of hydrogen-bond acceptors (Lipinski definition) is 3. The Hall–Kier alpha value is -1.81. The van der Waals surface area contributed by atoms with E-state index in [1.165, 1.54) is 12.8 Å². The molecule has 1 atom stereocenters. The van der Waals surface area contributed by atoms with E-state index in [9.17, 15) is 4.79 Å². The molecule has 0 aromatic heterocycles. The normalized spacial score (nSPS) is 16.6. The molecule has 2 rings (SSSR count). The smallest absolute Gasteiger partial charge is 0.244 e. The van der Waals surface area contributed by atoms with Gasteiger partial charge in [-0.2, -0.15) is 0 Å². The lowest BCUT2D eigenvalue weighted by molar-refractivity contribution is -0.117. The zero-order valence-electron chi connectivity index (χ0n) is 13.8. The molecule has 0 heterocycles. The van der Waals surface area contributed by atoms with Crippen molar-refractivity contribution >= 4 is 12.0 Å². The second-order valence-corrected chi connectivity index (χ2v) is 6.21. The van der Waals surface area contributed by atoms with E-state index < -0.39 is 0 Å². The molecule has 1 aromatic rings. The molecule has 0 aliphatic heterocycles. The first-order chi connectivity index (χ1) is 11.2.